The number of halogens is 1. The van der Waals surface area contributed by atoms with Crippen LogP contribution in [0.25, 0.3) is 10.2 Å². The van der Waals surface area contributed by atoms with Crippen LogP contribution in [0.3, 0.4) is 0 Å². The fourth-order valence-corrected chi connectivity index (χ4v) is 3.31. The molecule has 3 nitrogen and oxygen atoms in total. The van der Waals surface area contributed by atoms with Gasteiger partial charge in [-0.1, -0.05) is 23.7 Å². The normalized spacial score (nSPS) is 10.8. The summed E-state index contributed by atoms with van der Waals surface area (Å²) in [7, 11) is 0. The van der Waals surface area contributed by atoms with E-state index in [0.29, 0.717) is 11.4 Å². The lowest BCUT2D eigenvalue weighted by molar-refractivity contribution is 0.0697. The predicted molar refractivity (Wildman–Crippen MR) is 80.8 cm³/mol. The molecule has 1 aromatic heterocycles. The average Bonchev–Trinajstić information content (AvgIpc) is 2.79. The first-order valence-electron chi connectivity index (χ1n) is 5.99. The number of fused-ring (bicyclic) bond motifs is 1. The molecule has 1 heterocycles. The quantitative estimate of drug-likeness (QED) is 0.787. The third kappa shape index (κ3) is 2.66. The van der Waals surface area contributed by atoms with Gasteiger partial charge in [0, 0.05) is 11.4 Å². The molecule has 0 amide bonds. The standard InChI is InChI=1S/C15H10ClNO2S/c16-11-6-9(5-10(8-11)15(18)19)7-14-17-12-3-1-2-4-13(12)20-14/h1-6,8H,7H2,(H,18,19). The Morgan fingerprint density at radius 2 is 2.05 bits per heavy atom. The molecule has 0 radical (unpaired) electrons. The van der Waals surface area contributed by atoms with Crippen molar-refractivity contribution in [2.45, 2.75) is 6.42 Å². The smallest absolute Gasteiger partial charge is 0.335 e. The number of rotatable bonds is 3. The van der Waals surface area contributed by atoms with Crippen molar-refractivity contribution in [1.29, 1.82) is 0 Å². The molecule has 0 aliphatic rings. The molecule has 0 bridgehead atoms. The lowest BCUT2D eigenvalue weighted by Gasteiger charge is -2.02. The summed E-state index contributed by atoms with van der Waals surface area (Å²) in [4.78, 5) is 15.6. The van der Waals surface area contributed by atoms with Gasteiger partial charge in [-0.05, 0) is 35.9 Å². The molecule has 0 spiro atoms. The average molecular weight is 304 g/mol. The van der Waals surface area contributed by atoms with Crippen molar-refractivity contribution < 1.29 is 9.90 Å². The Balaban J connectivity index is 1.96. The molecule has 0 atom stereocenters. The van der Waals surface area contributed by atoms with Crippen molar-refractivity contribution in [2.24, 2.45) is 0 Å². The molecule has 0 aliphatic heterocycles. The Labute approximate surface area is 124 Å². The molecule has 0 saturated heterocycles. The number of para-hydroxylation sites is 1. The molecule has 5 heteroatoms. The highest BCUT2D eigenvalue weighted by atomic mass is 35.5. The summed E-state index contributed by atoms with van der Waals surface area (Å²) in [5, 5.41) is 10.4. The van der Waals surface area contributed by atoms with Crippen molar-refractivity contribution in [3.05, 3.63) is 63.6 Å². The first-order valence-corrected chi connectivity index (χ1v) is 7.18. The summed E-state index contributed by atoms with van der Waals surface area (Å²) in [6.07, 6.45) is 0.584. The number of carboxylic acids is 1. The van der Waals surface area contributed by atoms with Gasteiger partial charge in [0.25, 0.3) is 0 Å². The van der Waals surface area contributed by atoms with E-state index in [1.807, 2.05) is 24.3 Å². The second-order valence-electron chi connectivity index (χ2n) is 4.41. The minimum atomic E-state index is -0.974. The SMILES string of the molecule is O=C(O)c1cc(Cl)cc(Cc2nc3ccccc3s2)c1. The summed E-state index contributed by atoms with van der Waals surface area (Å²) in [5.41, 5.74) is 2.02. The van der Waals surface area contributed by atoms with E-state index in [2.05, 4.69) is 4.98 Å². The largest absolute Gasteiger partial charge is 0.478 e. The summed E-state index contributed by atoms with van der Waals surface area (Å²) < 4.78 is 1.13. The van der Waals surface area contributed by atoms with Crippen LogP contribution in [0.1, 0.15) is 20.9 Å². The number of thiazole rings is 1. The molecular weight excluding hydrogens is 294 g/mol. The van der Waals surface area contributed by atoms with Crippen LogP contribution in [-0.4, -0.2) is 16.1 Å². The zero-order valence-corrected chi connectivity index (χ0v) is 11.9. The molecule has 1 N–H and O–H groups in total. The molecule has 20 heavy (non-hydrogen) atoms. The van der Waals surface area contributed by atoms with Crippen LogP contribution in [0, 0.1) is 0 Å². The van der Waals surface area contributed by atoms with Gasteiger partial charge in [0.15, 0.2) is 0 Å². The second kappa shape index (κ2) is 5.23. The number of hydrogen-bond acceptors (Lipinski definition) is 3. The maximum absolute atomic E-state index is 11.0. The van der Waals surface area contributed by atoms with Gasteiger partial charge in [-0.25, -0.2) is 9.78 Å². The van der Waals surface area contributed by atoms with Gasteiger partial charge in [-0.15, -0.1) is 11.3 Å². The summed E-state index contributed by atoms with van der Waals surface area (Å²) in [6.45, 7) is 0. The summed E-state index contributed by atoms with van der Waals surface area (Å²) >= 11 is 7.57. The predicted octanol–water partition coefficient (Wildman–Crippen LogP) is 4.24. The van der Waals surface area contributed by atoms with Gasteiger partial charge in [-0.3, -0.25) is 0 Å². The number of benzene rings is 2. The van der Waals surface area contributed by atoms with Gasteiger partial charge in [0.2, 0.25) is 0 Å². The van der Waals surface area contributed by atoms with Crippen molar-refractivity contribution in [1.82, 2.24) is 4.98 Å². The third-order valence-electron chi connectivity index (χ3n) is 2.90. The number of carboxylic acid groups (broad SMARTS) is 1. The highest BCUT2D eigenvalue weighted by molar-refractivity contribution is 7.18. The zero-order valence-electron chi connectivity index (χ0n) is 10.3. The number of hydrogen-bond donors (Lipinski definition) is 1. The summed E-state index contributed by atoms with van der Waals surface area (Å²) in [6, 6.07) is 12.8. The van der Waals surface area contributed by atoms with Gasteiger partial charge in [0.05, 0.1) is 20.8 Å². The van der Waals surface area contributed by atoms with Gasteiger partial charge in [0.1, 0.15) is 0 Å². The molecule has 3 aromatic rings. The molecule has 3 rings (SSSR count). The van der Waals surface area contributed by atoms with E-state index in [-0.39, 0.29) is 5.56 Å². The zero-order chi connectivity index (χ0) is 14.1. The minimum Gasteiger partial charge on any atom is -0.478 e. The summed E-state index contributed by atoms with van der Waals surface area (Å²) in [5.74, 6) is -0.974. The van der Waals surface area contributed by atoms with E-state index in [1.54, 1.807) is 23.5 Å². The lowest BCUT2D eigenvalue weighted by atomic mass is 10.1. The minimum absolute atomic E-state index is 0.202. The van der Waals surface area contributed by atoms with Crippen LogP contribution >= 0.6 is 22.9 Å². The monoisotopic (exact) mass is 303 g/mol. The first-order chi connectivity index (χ1) is 9.61. The van der Waals surface area contributed by atoms with Crippen molar-refractivity contribution in [3.63, 3.8) is 0 Å². The highest BCUT2D eigenvalue weighted by Gasteiger charge is 2.09. The lowest BCUT2D eigenvalue weighted by Crippen LogP contribution is -1.98. The highest BCUT2D eigenvalue weighted by Crippen LogP contribution is 2.25. The Hall–Kier alpha value is -1.91. The Morgan fingerprint density at radius 1 is 1.25 bits per heavy atom. The van der Waals surface area contributed by atoms with Gasteiger partial charge in [-0.2, -0.15) is 0 Å². The van der Waals surface area contributed by atoms with E-state index in [1.165, 1.54) is 6.07 Å². The maximum Gasteiger partial charge on any atom is 0.335 e. The molecule has 0 aliphatic carbocycles. The first kappa shape index (κ1) is 13.1. The van der Waals surface area contributed by atoms with Gasteiger partial charge >= 0.3 is 5.97 Å². The van der Waals surface area contributed by atoms with Crippen molar-refractivity contribution >= 4 is 39.1 Å². The number of aromatic nitrogens is 1. The Kier molecular flexibility index (Phi) is 3.42. The van der Waals surface area contributed by atoms with Crippen LogP contribution in [0.5, 0.6) is 0 Å². The molecule has 0 saturated carbocycles. The topological polar surface area (TPSA) is 50.2 Å². The molecule has 0 unspecified atom stereocenters. The Morgan fingerprint density at radius 3 is 2.80 bits per heavy atom. The molecule has 100 valence electrons. The van der Waals surface area contributed by atoms with E-state index < -0.39 is 5.97 Å². The van der Waals surface area contributed by atoms with Crippen molar-refractivity contribution in [2.75, 3.05) is 0 Å². The van der Waals surface area contributed by atoms with Gasteiger partial charge < -0.3 is 5.11 Å². The molecular formula is C15H10ClNO2S. The second-order valence-corrected chi connectivity index (χ2v) is 5.96. The maximum atomic E-state index is 11.0. The van der Waals surface area contributed by atoms with E-state index >= 15 is 0 Å². The van der Waals surface area contributed by atoms with Crippen LogP contribution in [-0.2, 0) is 6.42 Å². The number of nitrogens with zero attached hydrogens (tertiary/aromatic N) is 1. The van der Waals surface area contributed by atoms with Crippen LogP contribution in [0.2, 0.25) is 5.02 Å². The Bertz CT molecular complexity index is 764. The molecule has 0 fully saturated rings. The van der Waals surface area contributed by atoms with Crippen LogP contribution < -0.4 is 0 Å². The number of aromatic carboxylic acids is 1. The van der Waals surface area contributed by atoms with E-state index in [4.69, 9.17) is 16.7 Å². The molecule has 2 aromatic carbocycles. The van der Waals surface area contributed by atoms with E-state index in [0.717, 1.165) is 20.8 Å². The van der Waals surface area contributed by atoms with Crippen LogP contribution in [0.4, 0.5) is 0 Å². The van der Waals surface area contributed by atoms with Crippen LogP contribution in [0.15, 0.2) is 42.5 Å². The number of carbonyl (C=O) groups is 1. The fraction of sp³-hybridized carbons (Fsp3) is 0.0667. The van der Waals surface area contributed by atoms with Crippen molar-refractivity contribution in [3.8, 4) is 0 Å². The third-order valence-corrected chi connectivity index (χ3v) is 4.15. The fourth-order valence-electron chi connectivity index (χ4n) is 2.05. The van der Waals surface area contributed by atoms with E-state index in [9.17, 15) is 4.79 Å².